The number of sulfone groups is 1. The van der Waals surface area contributed by atoms with Gasteiger partial charge in [0.15, 0.2) is 15.8 Å². The van der Waals surface area contributed by atoms with Gasteiger partial charge in [0.1, 0.15) is 0 Å². The van der Waals surface area contributed by atoms with Gasteiger partial charge >= 0.3 is 0 Å². The predicted octanol–water partition coefficient (Wildman–Crippen LogP) is 0.609. The number of rotatable bonds is 4. The van der Waals surface area contributed by atoms with E-state index in [4.69, 9.17) is 5.73 Å². The first-order chi connectivity index (χ1) is 7.65. The molecule has 0 heterocycles. The van der Waals surface area contributed by atoms with Crippen LogP contribution in [0.2, 0.25) is 0 Å². The van der Waals surface area contributed by atoms with Crippen LogP contribution in [-0.2, 0) is 9.84 Å². The van der Waals surface area contributed by atoms with Gasteiger partial charge in [-0.3, -0.25) is 4.99 Å². The van der Waals surface area contributed by atoms with E-state index in [2.05, 4.69) is 4.99 Å². The Morgan fingerprint density at radius 2 is 1.94 bits per heavy atom. The maximum Gasteiger partial charge on any atom is 0.191 e. The Hall–Kier alpha value is -0.780. The van der Waals surface area contributed by atoms with Gasteiger partial charge in [0.25, 0.3) is 0 Å². The van der Waals surface area contributed by atoms with Crippen LogP contribution in [0.4, 0.5) is 0 Å². The van der Waals surface area contributed by atoms with Crippen molar-refractivity contribution in [1.29, 1.82) is 0 Å². The minimum absolute atomic E-state index is 0.0513. The summed E-state index contributed by atoms with van der Waals surface area (Å²) in [6.45, 7) is 5.34. The monoisotopic (exact) mass is 261 g/mol. The van der Waals surface area contributed by atoms with Gasteiger partial charge in [-0.25, -0.2) is 8.42 Å². The highest BCUT2D eigenvalue weighted by atomic mass is 32.2. The molecule has 0 spiro atoms. The lowest BCUT2D eigenvalue weighted by Crippen LogP contribution is -2.37. The van der Waals surface area contributed by atoms with Gasteiger partial charge in [0.2, 0.25) is 0 Å². The van der Waals surface area contributed by atoms with Crippen LogP contribution in [0.3, 0.4) is 0 Å². The topological polar surface area (TPSA) is 75.8 Å². The quantitative estimate of drug-likeness (QED) is 0.594. The minimum atomic E-state index is -3.10. The van der Waals surface area contributed by atoms with Crippen LogP contribution in [0.1, 0.15) is 33.6 Å². The number of guanidine groups is 1. The Balaban J connectivity index is 2.49. The molecule has 0 saturated heterocycles. The number of aliphatic imine (C=N–C) groups is 1. The van der Waals surface area contributed by atoms with Gasteiger partial charge in [0, 0.05) is 13.1 Å². The SMILES string of the molecule is CN(C(N)=NCCS(=O)(=O)C(C)(C)C)C1CC1. The van der Waals surface area contributed by atoms with Crippen molar-refractivity contribution in [2.75, 3.05) is 19.3 Å². The van der Waals surface area contributed by atoms with E-state index in [0.717, 1.165) is 12.8 Å². The third-order valence-corrected chi connectivity index (χ3v) is 5.61. The normalized spacial score (nSPS) is 18.2. The van der Waals surface area contributed by atoms with Crippen molar-refractivity contribution in [3.05, 3.63) is 0 Å². The molecule has 2 N–H and O–H groups in total. The Labute approximate surface area is 104 Å². The number of nitrogens with zero attached hydrogens (tertiary/aromatic N) is 2. The molecule has 0 amide bonds. The summed E-state index contributed by atoms with van der Waals surface area (Å²) in [4.78, 5) is 6.05. The fourth-order valence-electron chi connectivity index (χ4n) is 1.35. The summed E-state index contributed by atoms with van der Waals surface area (Å²) in [6, 6.07) is 0.498. The van der Waals surface area contributed by atoms with E-state index in [1.165, 1.54) is 0 Å². The molecule has 0 radical (unpaired) electrons. The first kappa shape index (κ1) is 14.3. The van der Waals surface area contributed by atoms with Gasteiger partial charge < -0.3 is 10.6 Å². The molecule has 100 valence electrons. The molecule has 0 atom stereocenters. The number of hydrogen-bond acceptors (Lipinski definition) is 3. The lowest BCUT2D eigenvalue weighted by Gasteiger charge is -2.19. The van der Waals surface area contributed by atoms with E-state index in [1.54, 1.807) is 20.8 Å². The molecule has 1 aliphatic rings. The molecule has 1 fully saturated rings. The maximum absolute atomic E-state index is 11.8. The maximum atomic E-state index is 11.8. The van der Waals surface area contributed by atoms with Gasteiger partial charge in [-0.1, -0.05) is 0 Å². The average Bonchev–Trinajstić information content (AvgIpc) is 2.97. The Kier molecular flexibility index (Phi) is 4.06. The average molecular weight is 261 g/mol. The van der Waals surface area contributed by atoms with Crippen LogP contribution >= 0.6 is 0 Å². The molecular formula is C11H23N3O2S. The summed E-state index contributed by atoms with van der Waals surface area (Å²) in [5, 5.41) is 0. The van der Waals surface area contributed by atoms with E-state index in [1.807, 2.05) is 11.9 Å². The Bertz CT molecular complexity index is 391. The molecule has 0 aromatic carbocycles. The molecular weight excluding hydrogens is 238 g/mol. The molecule has 1 aliphatic carbocycles. The summed E-state index contributed by atoms with van der Waals surface area (Å²) in [5.74, 6) is 0.493. The van der Waals surface area contributed by atoms with Gasteiger partial charge in [-0.15, -0.1) is 0 Å². The molecule has 1 rings (SSSR count). The van der Waals surface area contributed by atoms with E-state index in [9.17, 15) is 8.42 Å². The standard InChI is InChI=1S/C11H23N3O2S/c1-11(2,3)17(15,16)8-7-13-10(12)14(4)9-5-6-9/h9H,5-8H2,1-4H3,(H2,12,13). The summed E-state index contributed by atoms with van der Waals surface area (Å²) >= 11 is 0. The molecule has 17 heavy (non-hydrogen) atoms. The lowest BCUT2D eigenvalue weighted by atomic mass is 10.3. The summed E-state index contributed by atoms with van der Waals surface area (Å²) in [6.07, 6.45) is 2.29. The highest BCUT2D eigenvalue weighted by Crippen LogP contribution is 2.24. The molecule has 0 aromatic rings. The van der Waals surface area contributed by atoms with Gasteiger partial charge in [-0.05, 0) is 33.6 Å². The molecule has 0 aromatic heterocycles. The van der Waals surface area contributed by atoms with Gasteiger partial charge in [-0.2, -0.15) is 0 Å². The van der Waals surface area contributed by atoms with Crippen LogP contribution in [0.25, 0.3) is 0 Å². The van der Waals surface area contributed by atoms with Crippen molar-refractivity contribution < 1.29 is 8.42 Å². The van der Waals surface area contributed by atoms with Crippen molar-refractivity contribution >= 4 is 15.8 Å². The second kappa shape index (κ2) is 4.84. The molecule has 0 unspecified atom stereocenters. The van der Waals surface area contributed by atoms with E-state index >= 15 is 0 Å². The van der Waals surface area contributed by atoms with E-state index in [0.29, 0.717) is 12.0 Å². The van der Waals surface area contributed by atoms with Crippen LogP contribution < -0.4 is 5.73 Å². The van der Waals surface area contributed by atoms with Crippen LogP contribution in [0, 0.1) is 0 Å². The van der Waals surface area contributed by atoms with Gasteiger partial charge in [0.05, 0.1) is 17.0 Å². The largest absolute Gasteiger partial charge is 0.370 e. The fourth-order valence-corrected chi connectivity index (χ4v) is 2.29. The lowest BCUT2D eigenvalue weighted by molar-refractivity contribution is 0.488. The van der Waals surface area contributed by atoms with Crippen molar-refractivity contribution in [3.63, 3.8) is 0 Å². The highest BCUT2D eigenvalue weighted by molar-refractivity contribution is 7.92. The third-order valence-electron chi connectivity index (χ3n) is 3.02. The number of hydrogen-bond donors (Lipinski definition) is 1. The van der Waals surface area contributed by atoms with Crippen LogP contribution in [-0.4, -0.2) is 49.4 Å². The van der Waals surface area contributed by atoms with Crippen molar-refractivity contribution in [2.45, 2.75) is 44.4 Å². The first-order valence-electron chi connectivity index (χ1n) is 5.90. The predicted molar refractivity (Wildman–Crippen MR) is 70.8 cm³/mol. The second-order valence-electron chi connectivity index (χ2n) is 5.51. The van der Waals surface area contributed by atoms with Crippen molar-refractivity contribution in [1.82, 2.24) is 4.90 Å². The molecule has 5 nitrogen and oxygen atoms in total. The third kappa shape index (κ3) is 3.87. The van der Waals surface area contributed by atoms with Crippen molar-refractivity contribution in [3.8, 4) is 0 Å². The zero-order valence-electron chi connectivity index (χ0n) is 11.1. The molecule has 1 saturated carbocycles. The Morgan fingerprint density at radius 1 is 1.41 bits per heavy atom. The summed E-state index contributed by atoms with van der Waals surface area (Å²) < 4.78 is 22.9. The zero-order chi connectivity index (χ0) is 13.3. The Morgan fingerprint density at radius 3 is 2.35 bits per heavy atom. The molecule has 0 aliphatic heterocycles. The fraction of sp³-hybridized carbons (Fsp3) is 0.909. The minimum Gasteiger partial charge on any atom is -0.370 e. The highest BCUT2D eigenvalue weighted by Gasteiger charge is 2.29. The van der Waals surface area contributed by atoms with Crippen molar-refractivity contribution in [2.24, 2.45) is 10.7 Å². The van der Waals surface area contributed by atoms with Crippen LogP contribution in [0.5, 0.6) is 0 Å². The van der Waals surface area contributed by atoms with Crippen LogP contribution in [0.15, 0.2) is 4.99 Å². The van der Waals surface area contributed by atoms with E-state index < -0.39 is 14.6 Å². The molecule has 6 heteroatoms. The summed E-state index contributed by atoms with van der Waals surface area (Å²) in [5.41, 5.74) is 5.78. The summed E-state index contributed by atoms with van der Waals surface area (Å²) in [7, 11) is -1.21. The number of nitrogens with two attached hydrogens (primary N) is 1. The second-order valence-corrected chi connectivity index (χ2v) is 8.38. The smallest absolute Gasteiger partial charge is 0.191 e. The zero-order valence-corrected chi connectivity index (χ0v) is 11.9. The molecule has 0 bridgehead atoms. The van der Waals surface area contributed by atoms with E-state index in [-0.39, 0.29) is 12.3 Å². The first-order valence-corrected chi connectivity index (χ1v) is 7.55.